The third-order valence-corrected chi connectivity index (χ3v) is 8.14. The van der Waals surface area contributed by atoms with Crippen molar-refractivity contribution in [2.75, 3.05) is 25.4 Å². The lowest BCUT2D eigenvalue weighted by Gasteiger charge is -2.30. The maximum Gasteiger partial charge on any atom is 0.243 e. The Balaban J connectivity index is 1.28. The molecular weight excluding hydrogens is 434 g/mol. The molecule has 2 N–H and O–H groups in total. The molecule has 0 saturated carbocycles. The molecule has 0 bridgehead atoms. The standard InChI is InChI=1S/C21H25N5O3S2/c1-15-23-21(25-24-15)30-13-10-22-20(27)17-8-11-26(12-9-17)31(28,29)19-7-6-16-4-2-3-5-18(16)14-19/h2-7,14,17H,8-13H2,1H3,(H,22,27)(H,23,24,25). The second kappa shape index (κ2) is 9.37. The van der Waals surface area contributed by atoms with Crippen LogP contribution in [0.4, 0.5) is 0 Å². The average molecular weight is 460 g/mol. The molecule has 164 valence electrons. The van der Waals surface area contributed by atoms with E-state index in [-0.39, 0.29) is 11.8 Å². The zero-order chi connectivity index (χ0) is 21.8. The van der Waals surface area contributed by atoms with E-state index in [0.717, 1.165) is 16.6 Å². The summed E-state index contributed by atoms with van der Waals surface area (Å²) in [5, 5.41) is 12.3. The molecule has 10 heteroatoms. The van der Waals surface area contributed by atoms with Gasteiger partial charge in [0.1, 0.15) is 5.82 Å². The number of rotatable bonds is 7. The molecule has 31 heavy (non-hydrogen) atoms. The summed E-state index contributed by atoms with van der Waals surface area (Å²) in [6, 6.07) is 12.9. The molecule has 1 amide bonds. The number of H-pyrrole nitrogens is 1. The van der Waals surface area contributed by atoms with Crippen molar-refractivity contribution in [1.29, 1.82) is 0 Å². The summed E-state index contributed by atoms with van der Waals surface area (Å²) in [7, 11) is -3.57. The molecule has 0 aliphatic carbocycles. The van der Waals surface area contributed by atoms with Crippen LogP contribution >= 0.6 is 11.8 Å². The second-order valence-electron chi connectivity index (χ2n) is 7.53. The van der Waals surface area contributed by atoms with Gasteiger partial charge in [-0.2, -0.15) is 4.31 Å². The molecule has 1 saturated heterocycles. The number of carbonyl (C=O) groups is 1. The van der Waals surface area contributed by atoms with E-state index in [1.807, 2.05) is 37.3 Å². The van der Waals surface area contributed by atoms with E-state index in [1.165, 1.54) is 16.1 Å². The number of nitrogens with zero attached hydrogens (tertiary/aromatic N) is 3. The lowest BCUT2D eigenvalue weighted by atomic mass is 9.97. The minimum Gasteiger partial charge on any atom is -0.355 e. The highest BCUT2D eigenvalue weighted by atomic mass is 32.2. The van der Waals surface area contributed by atoms with Gasteiger partial charge in [0.05, 0.1) is 4.90 Å². The van der Waals surface area contributed by atoms with Gasteiger partial charge in [-0.1, -0.05) is 42.1 Å². The van der Waals surface area contributed by atoms with Gasteiger partial charge in [-0.05, 0) is 42.7 Å². The van der Waals surface area contributed by atoms with Gasteiger partial charge in [0.15, 0.2) is 0 Å². The summed E-state index contributed by atoms with van der Waals surface area (Å²) in [5.74, 6) is 1.25. The molecule has 2 aromatic carbocycles. The van der Waals surface area contributed by atoms with Crippen molar-refractivity contribution < 1.29 is 13.2 Å². The number of hydrogen-bond acceptors (Lipinski definition) is 6. The van der Waals surface area contributed by atoms with Crippen LogP contribution < -0.4 is 5.32 Å². The maximum atomic E-state index is 13.1. The predicted octanol–water partition coefficient (Wildman–Crippen LogP) is 2.58. The summed E-state index contributed by atoms with van der Waals surface area (Å²) >= 11 is 1.48. The Morgan fingerprint density at radius 2 is 1.94 bits per heavy atom. The molecule has 0 atom stereocenters. The number of aryl methyl sites for hydroxylation is 1. The fourth-order valence-corrected chi connectivity index (χ4v) is 5.89. The molecule has 3 aromatic rings. The van der Waals surface area contributed by atoms with E-state index in [4.69, 9.17) is 0 Å². The number of fused-ring (bicyclic) bond motifs is 1. The Labute approximate surface area is 185 Å². The minimum atomic E-state index is -3.57. The molecular formula is C21H25N5O3S2. The molecule has 0 radical (unpaired) electrons. The Hall–Kier alpha value is -2.43. The number of nitrogens with one attached hydrogen (secondary N) is 2. The van der Waals surface area contributed by atoms with Gasteiger partial charge in [-0.15, -0.1) is 5.10 Å². The van der Waals surface area contributed by atoms with Gasteiger partial charge >= 0.3 is 0 Å². The lowest BCUT2D eigenvalue weighted by Crippen LogP contribution is -2.43. The lowest BCUT2D eigenvalue weighted by molar-refractivity contribution is -0.125. The Morgan fingerprint density at radius 1 is 1.19 bits per heavy atom. The van der Waals surface area contributed by atoms with E-state index in [9.17, 15) is 13.2 Å². The fraction of sp³-hybridized carbons (Fsp3) is 0.381. The highest BCUT2D eigenvalue weighted by Gasteiger charge is 2.32. The highest BCUT2D eigenvalue weighted by Crippen LogP contribution is 2.26. The van der Waals surface area contributed by atoms with Gasteiger partial charge in [0.25, 0.3) is 0 Å². The average Bonchev–Trinajstić information content (AvgIpc) is 3.21. The van der Waals surface area contributed by atoms with Gasteiger partial charge in [0.2, 0.25) is 21.1 Å². The van der Waals surface area contributed by atoms with Crippen molar-refractivity contribution in [3.05, 3.63) is 48.3 Å². The molecule has 0 spiro atoms. The molecule has 1 aliphatic rings. The number of aromatic amines is 1. The van der Waals surface area contributed by atoms with Gasteiger partial charge < -0.3 is 5.32 Å². The molecule has 8 nitrogen and oxygen atoms in total. The third kappa shape index (κ3) is 5.08. The minimum absolute atomic E-state index is 0.0190. The number of aromatic nitrogens is 3. The van der Waals surface area contributed by atoms with Crippen molar-refractivity contribution in [3.63, 3.8) is 0 Å². The normalized spacial score (nSPS) is 15.9. The number of sulfonamides is 1. The Bertz CT molecular complexity index is 1170. The molecule has 4 rings (SSSR count). The van der Waals surface area contributed by atoms with Gasteiger partial charge in [-0.25, -0.2) is 13.4 Å². The Morgan fingerprint density at radius 3 is 2.65 bits per heavy atom. The van der Waals surface area contributed by atoms with Crippen LogP contribution in [0.1, 0.15) is 18.7 Å². The third-order valence-electron chi connectivity index (χ3n) is 5.39. The van der Waals surface area contributed by atoms with Crippen LogP contribution in [0.15, 0.2) is 52.5 Å². The summed E-state index contributed by atoms with van der Waals surface area (Å²) in [6.07, 6.45) is 1.04. The van der Waals surface area contributed by atoms with Gasteiger partial charge in [-0.3, -0.25) is 9.89 Å². The first-order valence-corrected chi connectivity index (χ1v) is 12.6. The predicted molar refractivity (Wildman–Crippen MR) is 120 cm³/mol. The number of benzene rings is 2. The van der Waals surface area contributed by atoms with Crippen LogP contribution in [0.3, 0.4) is 0 Å². The first-order chi connectivity index (χ1) is 14.9. The van der Waals surface area contributed by atoms with Crippen LogP contribution in [-0.2, 0) is 14.8 Å². The van der Waals surface area contributed by atoms with Crippen LogP contribution in [-0.4, -0.2) is 59.2 Å². The number of hydrogen-bond donors (Lipinski definition) is 2. The smallest absolute Gasteiger partial charge is 0.243 e. The van der Waals surface area contributed by atoms with Crippen molar-refractivity contribution in [2.24, 2.45) is 5.92 Å². The van der Waals surface area contributed by atoms with E-state index >= 15 is 0 Å². The maximum absolute atomic E-state index is 13.1. The topological polar surface area (TPSA) is 108 Å². The van der Waals surface area contributed by atoms with E-state index in [0.29, 0.717) is 48.3 Å². The number of piperidine rings is 1. The molecule has 1 aromatic heterocycles. The largest absolute Gasteiger partial charge is 0.355 e. The molecule has 1 fully saturated rings. The number of amides is 1. The van der Waals surface area contributed by atoms with Crippen molar-refractivity contribution in [2.45, 2.75) is 29.8 Å². The highest BCUT2D eigenvalue weighted by molar-refractivity contribution is 7.99. The van der Waals surface area contributed by atoms with Crippen molar-refractivity contribution >= 4 is 38.5 Å². The fourth-order valence-electron chi connectivity index (χ4n) is 3.68. The number of thioether (sulfide) groups is 1. The summed E-state index contributed by atoms with van der Waals surface area (Å²) < 4.78 is 27.6. The van der Waals surface area contributed by atoms with E-state index < -0.39 is 10.0 Å². The zero-order valence-electron chi connectivity index (χ0n) is 17.2. The molecule has 1 aliphatic heterocycles. The van der Waals surface area contributed by atoms with Crippen molar-refractivity contribution in [3.8, 4) is 0 Å². The summed E-state index contributed by atoms with van der Waals surface area (Å²) in [5.41, 5.74) is 0. The molecule has 0 unspecified atom stereocenters. The first-order valence-electron chi connectivity index (χ1n) is 10.2. The van der Waals surface area contributed by atoms with E-state index in [1.54, 1.807) is 12.1 Å². The SMILES string of the molecule is Cc1nc(SCCNC(=O)C2CCN(S(=O)(=O)c3ccc4ccccc4c3)CC2)n[nH]1. The second-order valence-corrected chi connectivity index (χ2v) is 10.5. The summed E-state index contributed by atoms with van der Waals surface area (Å²) in [4.78, 5) is 17.0. The van der Waals surface area contributed by atoms with Gasteiger partial charge in [0, 0.05) is 31.3 Å². The van der Waals surface area contributed by atoms with Crippen LogP contribution in [0.5, 0.6) is 0 Å². The monoisotopic (exact) mass is 459 g/mol. The first kappa shape index (κ1) is 21.8. The van der Waals surface area contributed by atoms with E-state index in [2.05, 4.69) is 20.5 Å². The number of carbonyl (C=O) groups excluding carboxylic acids is 1. The Kier molecular flexibility index (Phi) is 6.59. The quantitative estimate of drug-likeness (QED) is 0.415. The van der Waals surface area contributed by atoms with Crippen LogP contribution in [0.25, 0.3) is 10.8 Å². The van der Waals surface area contributed by atoms with Crippen molar-refractivity contribution in [1.82, 2.24) is 24.8 Å². The summed E-state index contributed by atoms with van der Waals surface area (Å²) in [6.45, 7) is 3.05. The molecule has 2 heterocycles. The van der Waals surface area contributed by atoms with Crippen LogP contribution in [0.2, 0.25) is 0 Å². The zero-order valence-corrected chi connectivity index (χ0v) is 18.9. The van der Waals surface area contributed by atoms with Crippen LogP contribution in [0, 0.1) is 12.8 Å².